The minimum Gasteiger partial charge on any atom is -0.446 e. The molecule has 0 radical (unpaired) electrons. The van der Waals surface area contributed by atoms with Crippen LogP contribution in [0.25, 0.3) is 0 Å². The number of hydrogen-bond donors (Lipinski definition) is 1. The van der Waals surface area contributed by atoms with Crippen LogP contribution in [0.3, 0.4) is 0 Å². The summed E-state index contributed by atoms with van der Waals surface area (Å²) in [5.74, 6) is 6.04. The Labute approximate surface area is 246 Å². The summed E-state index contributed by atoms with van der Waals surface area (Å²) in [5, 5.41) is 3.08. The van der Waals surface area contributed by atoms with Crippen LogP contribution in [0.5, 0.6) is 0 Å². The molecule has 5 rings (SSSR count). The third-order valence-electron chi connectivity index (χ3n) is 13.9. The van der Waals surface area contributed by atoms with E-state index in [0.29, 0.717) is 17.4 Å². The van der Waals surface area contributed by atoms with Crippen LogP contribution >= 0.6 is 0 Å². The van der Waals surface area contributed by atoms with E-state index in [9.17, 15) is 4.79 Å². The summed E-state index contributed by atoms with van der Waals surface area (Å²) >= 11 is 0. The minimum absolute atomic E-state index is 0.0359. The fraction of sp³-hybridized carbons (Fsp3) is 0.917. The van der Waals surface area contributed by atoms with Crippen molar-refractivity contribution in [1.82, 2.24) is 10.2 Å². The van der Waals surface area contributed by atoms with E-state index >= 15 is 0 Å². The highest BCUT2D eigenvalue weighted by Crippen LogP contribution is 2.67. The van der Waals surface area contributed by atoms with Crippen molar-refractivity contribution in [2.45, 2.75) is 137 Å². The van der Waals surface area contributed by atoms with Crippen LogP contribution in [-0.4, -0.2) is 43.3 Å². The molecule has 40 heavy (non-hydrogen) atoms. The van der Waals surface area contributed by atoms with Crippen molar-refractivity contribution >= 4 is 6.09 Å². The van der Waals surface area contributed by atoms with Gasteiger partial charge in [-0.25, -0.2) is 4.79 Å². The zero-order chi connectivity index (χ0) is 28.9. The lowest BCUT2D eigenvalue weighted by molar-refractivity contribution is -0.0584. The number of alkyl carbamates (subject to hydrolysis) is 1. The Hall–Kier alpha value is -1.03. The molecule has 1 N–H and O–H groups in total. The van der Waals surface area contributed by atoms with E-state index in [1.165, 1.54) is 57.8 Å². The number of nitrogens with zero attached hydrogens (tertiary/aromatic N) is 1. The monoisotopic (exact) mass is 554 g/mol. The second-order valence-corrected chi connectivity index (χ2v) is 16.2. The van der Waals surface area contributed by atoms with Gasteiger partial charge in [-0.1, -0.05) is 66.0 Å². The molecule has 228 valence electrons. The van der Waals surface area contributed by atoms with Crippen molar-refractivity contribution in [2.75, 3.05) is 20.6 Å². The van der Waals surface area contributed by atoms with Crippen molar-refractivity contribution < 1.29 is 9.53 Å². The number of ether oxygens (including phenoxy) is 1. The van der Waals surface area contributed by atoms with Gasteiger partial charge < -0.3 is 15.0 Å². The van der Waals surface area contributed by atoms with Gasteiger partial charge in [-0.3, -0.25) is 0 Å². The molecule has 0 bridgehead atoms. The molecule has 0 saturated heterocycles. The number of hydrogen-bond acceptors (Lipinski definition) is 3. The smallest absolute Gasteiger partial charge is 0.407 e. The van der Waals surface area contributed by atoms with E-state index in [4.69, 9.17) is 4.74 Å². The molecule has 0 aromatic carbocycles. The number of rotatable bonds is 10. The molecular weight excluding hydrogens is 492 g/mol. The molecule has 9 atom stereocenters. The molecule has 5 aliphatic carbocycles. The van der Waals surface area contributed by atoms with Crippen molar-refractivity contribution in [3.8, 4) is 0 Å². The fourth-order valence-corrected chi connectivity index (χ4v) is 10.7. The summed E-state index contributed by atoms with van der Waals surface area (Å²) < 4.78 is 6.00. The predicted octanol–water partition coefficient (Wildman–Crippen LogP) is 8.85. The molecule has 4 fully saturated rings. The largest absolute Gasteiger partial charge is 0.446 e. The quantitative estimate of drug-likeness (QED) is 0.274. The Kier molecular flexibility index (Phi) is 8.80. The van der Waals surface area contributed by atoms with Crippen LogP contribution in [0.1, 0.15) is 125 Å². The van der Waals surface area contributed by atoms with E-state index in [-0.39, 0.29) is 17.7 Å². The molecule has 4 nitrogen and oxygen atoms in total. The summed E-state index contributed by atoms with van der Waals surface area (Å²) in [4.78, 5) is 14.9. The van der Waals surface area contributed by atoms with Gasteiger partial charge in [-0.2, -0.15) is 0 Å². The first-order valence-electron chi connectivity index (χ1n) is 17.2. The van der Waals surface area contributed by atoms with Gasteiger partial charge in [-0.05, 0) is 131 Å². The standard InChI is InChI=1S/C36H62N2O2/c1-9-26(24(2)3)11-10-25(4)30-14-15-31-29-13-12-27-22-28(40-33(39)37-23-36(20-21-36)38(7)8)16-18-34(27,5)32(29)17-19-35(30,31)6/h12,24-26,28-32H,9-11,13-23H2,1-8H3,(H,37,39)/t25-,26-,28+,29+,30-,31+,32+,34+,35-/m1/s1. The van der Waals surface area contributed by atoms with Gasteiger partial charge >= 0.3 is 6.09 Å². The average molecular weight is 555 g/mol. The molecule has 4 heteroatoms. The predicted molar refractivity (Wildman–Crippen MR) is 166 cm³/mol. The Bertz CT molecular complexity index is 937. The lowest BCUT2D eigenvalue weighted by Crippen LogP contribution is -2.51. The number of nitrogens with one attached hydrogen (secondary N) is 1. The van der Waals surface area contributed by atoms with E-state index in [1.807, 2.05) is 0 Å². The maximum Gasteiger partial charge on any atom is 0.407 e. The summed E-state index contributed by atoms with van der Waals surface area (Å²) in [5.41, 5.74) is 2.60. The normalized spacial score (nSPS) is 39.5. The highest BCUT2D eigenvalue weighted by molar-refractivity contribution is 5.67. The molecule has 0 aromatic heterocycles. The number of allylic oxidation sites excluding steroid dienone is 1. The van der Waals surface area contributed by atoms with Crippen molar-refractivity contribution in [3.63, 3.8) is 0 Å². The van der Waals surface area contributed by atoms with Crippen LogP contribution in [0.2, 0.25) is 0 Å². The van der Waals surface area contributed by atoms with Crippen LogP contribution in [0.15, 0.2) is 11.6 Å². The zero-order valence-corrected chi connectivity index (χ0v) is 27.4. The van der Waals surface area contributed by atoms with Crippen LogP contribution < -0.4 is 5.32 Å². The van der Waals surface area contributed by atoms with E-state index in [1.54, 1.807) is 5.57 Å². The van der Waals surface area contributed by atoms with Crippen molar-refractivity contribution in [1.29, 1.82) is 0 Å². The topological polar surface area (TPSA) is 41.6 Å². The van der Waals surface area contributed by atoms with Gasteiger partial charge in [0.05, 0.1) is 0 Å². The molecule has 0 aliphatic heterocycles. The van der Waals surface area contributed by atoms with E-state index < -0.39 is 0 Å². The lowest BCUT2D eigenvalue weighted by atomic mass is 9.47. The van der Waals surface area contributed by atoms with Gasteiger partial charge in [0.25, 0.3) is 0 Å². The number of carbonyl (C=O) groups is 1. The lowest BCUT2D eigenvalue weighted by Gasteiger charge is -2.58. The number of amides is 1. The highest BCUT2D eigenvalue weighted by atomic mass is 16.6. The number of likely N-dealkylation sites (N-methyl/N-ethyl adjacent to an activating group) is 1. The molecule has 0 heterocycles. The molecule has 1 amide bonds. The Balaban J connectivity index is 1.19. The maximum absolute atomic E-state index is 12.7. The molecule has 0 aromatic rings. The first-order valence-corrected chi connectivity index (χ1v) is 17.2. The maximum atomic E-state index is 12.7. The second-order valence-electron chi connectivity index (χ2n) is 16.2. The molecule has 5 aliphatic rings. The highest BCUT2D eigenvalue weighted by Gasteiger charge is 2.59. The number of carbonyl (C=O) groups excluding carboxylic acids is 1. The van der Waals surface area contributed by atoms with Gasteiger partial charge in [0.2, 0.25) is 0 Å². The zero-order valence-electron chi connectivity index (χ0n) is 27.4. The Morgan fingerprint density at radius 3 is 2.42 bits per heavy atom. The summed E-state index contributed by atoms with van der Waals surface area (Å²) in [6.45, 7) is 15.8. The molecule has 4 saturated carbocycles. The van der Waals surface area contributed by atoms with Crippen LogP contribution in [0.4, 0.5) is 4.79 Å². The van der Waals surface area contributed by atoms with Gasteiger partial charge in [0, 0.05) is 18.5 Å². The van der Waals surface area contributed by atoms with Crippen molar-refractivity contribution in [2.24, 2.45) is 52.3 Å². The third kappa shape index (κ3) is 5.53. The van der Waals surface area contributed by atoms with Crippen LogP contribution in [-0.2, 0) is 4.74 Å². The first kappa shape index (κ1) is 30.4. The summed E-state index contributed by atoms with van der Waals surface area (Å²) in [7, 11) is 4.22. The SMILES string of the molecule is CC[C@H](CC[C@@H](C)[C@H]1CC[C@H]2[C@@H]3CC=C4C[C@@H](OC(=O)NCC5(N(C)C)CC5)CC[C@]4(C)[C@H]3CC[C@]12C)C(C)C. The van der Waals surface area contributed by atoms with Gasteiger partial charge in [-0.15, -0.1) is 0 Å². The number of fused-ring (bicyclic) bond motifs is 5. The second kappa shape index (κ2) is 11.6. The molecular formula is C36H62N2O2. The molecule has 0 spiro atoms. The van der Waals surface area contributed by atoms with Crippen molar-refractivity contribution in [3.05, 3.63) is 11.6 Å². The third-order valence-corrected chi connectivity index (χ3v) is 13.9. The average Bonchev–Trinajstić information content (AvgIpc) is 3.62. The summed E-state index contributed by atoms with van der Waals surface area (Å²) in [6.07, 6.45) is 19.1. The Morgan fingerprint density at radius 2 is 1.77 bits per heavy atom. The summed E-state index contributed by atoms with van der Waals surface area (Å²) in [6, 6.07) is 0. The van der Waals surface area contributed by atoms with Gasteiger partial charge in [0.1, 0.15) is 6.10 Å². The first-order chi connectivity index (χ1) is 18.9. The van der Waals surface area contributed by atoms with E-state index in [2.05, 4.69) is 71.9 Å². The van der Waals surface area contributed by atoms with Gasteiger partial charge in [0.15, 0.2) is 0 Å². The fourth-order valence-electron chi connectivity index (χ4n) is 10.7. The molecule has 0 unspecified atom stereocenters. The Morgan fingerprint density at radius 1 is 1.02 bits per heavy atom. The van der Waals surface area contributed by atoms with Crippen LogP contribution in [0, 0.1) is 52.3 Å². The minimum atomic E-state index is -0.214. The van der Waals surface area contributed by atoms with E-state index in [0.717, 1.165) is 67.1 Å².